The van der Waals surface area contributed by atoms with Crippen LogP contribution >= 0.6 is 0 Å². The maximum atomic E-state index is 11.0. The second-order valence-electron chi connectivity index (χ2n) is 2.93. The molecule has 1 rings (SSSR count). The molecule has 0 aromatic rings. The molecule has 0 aromatic heterocycles. The van der Waals surface area contributed by atoms with Gasteiger partial charge in [-0.05, 0) is 19.3 Å². The van der Waals surface area contributed by atoms with Crippen LogP contribution in [0.15, 0.2) is 0 Å². The average molecular weight is 164 g/mol. The summed E-state index contributed by atoms with van der Waals surface area (Å²) in [5, 5.41) is 8.54. The molecule has 0 aliphatic heterocycles. The van der Waals surface area contributed by atoms with E-state index in [-0.39, 0.29) is 6.61 Å². The maximum absolute atomic E-state index is 11.0. The summed E-state index contributed by atoms with van der Waals surface area (Å²) in [6.07, 6.45) is 3.11. The van der Waals surface area contributed by atoms with E-state index in [1.54, 1.807) is 0 Å². The third-order valence-corrected chi connectivity index (χ3v) is 4.35. The summed E-state index contributed by atoms with van der Waals surface area (Å²) in [7, 11) is -2.91. The van der Waals surface area contributed by atoms with Crippen molar-refractivity contribution < 1.29 is 13.5 Å². The Morgan fingerprint density at radius 3 is 2.10 bits per heavy atom. The molecule has 4 heteroatoms. The van der Waals surface area contributed by atoms with Crippen molar-refractivity contribution in [1.82, 2.24) is 0 Å². The van der Waals surface area contributed by atoms with Gasteiger partial charge in [0.2, 0.25) is 0 Å². The van der Waals surface area contributed by atoms with E-state index in [0.29, 0.717) is 6.42 Å². The number of hydrogen-bond acceptors (Lipinski definition) is 3. The summed E-state index contributed by atoms with van der Waals surface area (Å²) in [5.74, 6) is 0. The summed E-state index contributed by atoms with van der Waals surface area (Å²) in [6, 6.07) is 0. The quantitative estimate of drug-likeness (QED) is 0.636. The van der Waals surface area contributed by atoms with Crippen LogP contribution in [0, 0.1) is 0 Å². The van der Waals surface area contributed by atoms with E-state index in [2.05, 4.69) is 0 Å². The Hall–Kier alpha value is -0.0900. The van der Waals surface area contributed by atoms with Gasteiger partial charge in [0.05, 0.1) is 4.75 Å². The summed E-state index contributed by atoms with van der Waals surface area (Å²) in [6.45, 7) is -0.0208. The molecular formula is C6H12O3S. The Balaban J connectivity index is 2.71. The molecule has 0 saturated heterocycles. The molecule has 0 amide bonds. The van der Waals surface area contributed by atoms with Gasteiger partial charge in [-0.2, -0.15) is 0 Å². The molecule has 0 atom stereocenters. The third-order valence-electron chi connectivity index (χ3n) is 2.16. The zero-order valence-electron chi connectivity index (χ0n) is 6.00. The third kappa shape index (κ3) is 1.18. The molecule has 0 bridgehead atoms. The maximum Gasteiger partial charge on any atom is 0.153 e. The molecule has 0 unspecified atom stereocenters. The van der Waals surface area contributed by atoms with E-state index in [4.69, 9.17) is 5.11 Å². The number of hydrogen-bond donors (Lipinski definition) is 1. The van der Waals surface area contributed by atoms with Crippen molar-refractivity contribution in [3.05, 3.63) is 0 Å². The zero-order valence-corrected chi connectivity index (χ0v) is 6.82. The predicted octanol–water partition coefficient (Wildman–Crippen LogP) is -0.0540. The standard InChI is InChI=1S/C6H12O3S/c1-10(8,9)6(2-3-6)4-5-7/h7H,2-5H2,1H3. The van der Waals surface area contributed by atoms with Crippen molar-refractivity contribution in [3.63, 3.8) is 0 Å². The predicted molar refractivity (Wildman–Crippen MR) is 38.5 cm³/mol. The van der Waals surface area contributed by atoms with Gasteiger partial charge in [-0.1, -0.05) is 0 Å². The summed E-state index contributed by atoms with van der Waals surface area (Å²) in [5.41, 5.74) is 0. The zero-order chi connectivity index (χ0) is 7.83. The van der Waals surface area contributed by atoms with Crippen molar-refractivity contribution in [2.24, 2.45) is 0 Å². The highest BCUT2D eigenvalue weighted by molar-refractivity contribution is 7.92. The fourth-order valence-corrected chi connectivity index (χ4v) is 2.46. The Morgan fingerprint density at radius 1 is 1.50 bits per heavy atom. The van der Waals surface area contributed by atoms with Crippen LogP contribution in [-0.2, 0) is 9.84 Å². The normalized spacial score (nSPS) is 22.6. The molecular weight excluding hydrogens is 152 g/mol. The Bertz CT molecular complexity index is 213. The molecule has 60 valence electrons. The lowest BCUT2D eigenvalue weighted by molar-refractivity contribution is 0.283. The summed E-state index contributed by atoms with van der Waals surface area (Å²) >= 11 is 0. The van der Waals surface area contributed by atoms with Crippen LogP contribution in [0.25, 0.3) is 0 Å². The topological polar surface area (TPSA) is 54.4 Å². The lowest BCUT2D eigenvalue weighted by Crippen LogP contribution is -2.22. The first-order chi connectivity index (χ1) is 4.52. The number of aliphatic hydroxyl groups is 1. The molecule has 0 radical (unpaired) electrons. The van der Waals surface area contributed by atoms with E-state index in [1.807, 2.05) is 0 Å². The Kier molecular flexibility index (Phi) is 1.76. The van der Waals surface area contributed by atoms with Crippen molar-refractivity contribution >= 4 is 9.84 Å². The van der Waals surface area contributed by atoms with Crippen LogP contribution in [0.2, 0.25) is 0 Å². The van der Waals surface area contributed by atoms with Crippen LogP contribution in [0.3, 0.4) is 0 Å². The van der Waals surface area contributed by atoms with Crippen LogP contribution in [0.5, 0.6) is 0 Å². The lowest BCUT2D eigenvalue weighted by Gasteiger charge is -2.09. The fourth-order valence-electron chi connectivity index (χ4n) is 1.15. The fraction of sp³-hybridized carbons (Fsp3) is 1.00. The monoisotopic (exact) mass is 164 g/mol. The molecule has 3 nitrogen and oxygen atoms in total. The molecule has 1 aliphatic rings. The highest BCUT2D eigenvalue weighted by Gasteiger charge is 2.51. The van der Waals surface area contributed by atoms with Crippen molar-refractivity contribution in [2.75, 3.05) is 12.9 Å². The van der Waals surface area contributed by atoms with Gasteiger partial charge < -0.3 is 5.11 Å². The number of aliphatic hydroxyl groups excluding tert-OH is 1. The van der Waals surface area contributed by atoms with Crippen LogP contribution in [0.1, 0.15) is 19.3 Å². The van der Waals surface area contributed by atoms with Gasteiger partial charge in [-0.3, -0.25) is 0 Å². The lowest BCUT2D eigenvalue weighted by atomic mass is 10.3. The first-order valence-electron chi connectivity index (χ1n) is 3.32. The van der Waals surface area contributed by atoms with Gasteiger partial charge in [0, 0.05) is 12.9 Å². The largest absolute Gasteiger partial charge is 0.396 e. The van der Waals surface area contributed by atoms with Crippen LogP contribution in [0.4, 0.5) is 0 Å². The Morgan fingerprint density at radius 2 is 2.00 bits per heavy atom. The molecule has 1 aliphatic carbocycles. The first kappa shape index (κ1) is 8.01. The molecule has 10 heavy (non-hydrogen) atoms. The molecule has 1 fully saturated rings. The SMILES string of the molecule is CS(=O)(=O)C1(CCO)CC1. The van der Waals surface area contributed by atoms with Crippen LogP contribution in [-0.4, -0.2) is 31.1 Å². The van der Waals surface area contributed by atoms with Gasteiger partial charge in [0.25, 0.3) is 0 Å². The van der Waals surface area contributed by atoms with E-state index in [0.717, 1.165) is 12.8 Å². The molecule has 1 saturated carbocycles. The van der Waals surface area contributed by atoms with Gasteiger partial charge in [0.15, 0.2) is 9.84 Å². The smallest absolute Gasteiger partial charge is 0.153 e. The second-order valence-corrected chi connectivity index (χ2v) is 5.34. The summed E-state index contributed by atoms with van der Waals surface area (Å²) in [4.78, 5) is 0. The highest BCUT2D eigenvalue weighted by Crippen LogP contribution is 2.45. The van der Waals surface area contributed by atoms with Crippen LogP contribution < -0.4 is 0 Å². The van der Waals surface area contributed by atoms with Gasteiger partial charge in [-0.25, -0.2) is 8.42 Å². The van der Waals surface area contributed by atoms with Gasteiger partial charge in [-0.15, -0.1) is 0 Å². The Labute approximate surface area is 61.0 Å². The van der Waals surface area contributed by atoms with E-state index >= 15 is 0 Å². The number of sulfone groups is 1. The minimum Gasteiger partial charge on any atom is -0.396 e. The van der Waals surface area contributed by atoms with E-state index < -0.39 is 14.6 Å². The van der Waals surface area contributed by atoms with Crippen molar-refractivity contribution in [1.29, 1.82) is 0 Å². The van der Waals surface area contributed by atoms with Gasteiger partial charge >= 0.3 is 0 Å². The number of rotatable bonds is 3. The average Bonchev–Trinajstić information content (AvgIpc) is 2.45. The minimum absolute atomic E-state index is 0.0208. The molecule has 1 N–H and O–H groups in total. The van der Waals surface area contributed by atoms with Crippen molar-refractivity contribution in [2.45, 2.75) is 24.0 Å². The molecule has 0 aromatic carbocycles. The van der Waals surface area contributed by atoms with E-state index in [1.165, 1.54) is 6.26 Å². The van der Waals surface area contributed by atoms with Crippen molar-refractivity contribution in [3.8, 4) is 0 Å². The summed E-state index contributed by atoms with van der Waals surface area (Å²) < 4.78 is 21.4. The van der Waals surface area contributed by atoms with Gasteiger partial charge in [0.1, 0.15) is 0 Å². The minimum atomic E-state index is -2.91. The first-order valence-corrected chi connectivity index (χ1v) is 5.21. The van der Waals surface area contributed by atoms with E-state index in [9.17, 15) is 8.42 Å². The molecule has 0 heterocycles. The second kappa shape index (κ2) is 2.20. The molecule has 0 spiro atoms. The highest BCUT2D eigenvalue weighted by atomic mass is 32.2.